The summed E-state index contributed by atoms with van der Waals surface area (Å²) in [4.78, 5) is 25.8. The molecule has 1 heterocycles. The van der Waals surface area contributed by atoms with Crippen molar-refractivity contribution in [1.82, 2.24) is 0 Å². The lowest BCUT2D eigenvalue weighted by molar-refractivity contribution is 0.0528. The molecule has 1 N–H and O–H groups in total. The van der Waals surface area contributed by atoms with Gasteiger partial charge in [0.2, 0.25) is 0 Å². The van der Waals surface area contributed by atoms with E-state index in [2.05, 4.69) is 5.32 Å². The summed E-state index contributed by atoms with van der Waals surface area (Å²) in [5.74, 6) is -1.26. The molecule has 0 saturated carbocycles. The van der Waals surface area contributed by atoms with Crippen LogP contribution in [0.15, 0.2) is 60.7 Å². The van der Waals surface area contributed by atoms with Crippen molar-refractivity contribution in [1.29, 1.82) is 0 Å². The number of carbonyl (C=O) groups excluding carboxylic acids is 2. The third kappa shape index (κ3) is 4.46. The molecule has 144 valence electrons. The Bertz CT molecular complexity index is 967. The maximum absolute atomic E-state index is 13.1. The van der Waals surface area contributed by atoms with Crippen molar-refractivity contribution in [3.8, 4) is 0 Å². The van der Waals surface area contributed by atoms with Crippen molar-refractivity contribution in [2.45, 2.75) is 19.8 Å². The standard InChI is InChI=1S/C22H20FNO3S/c1-3-27-22(26)18-13-19(14(2)15-7-5-4-6-8-15)28-21(18)24-20(25)16-9-11-17(23)12-10-16/h4-14H,3H2,1-2H3,(H,24,25). The Kier molecular flexibility index (Phi) is 6.21. The number of anilines is 1. The van der Waals surface area contributed by atoms with Crippen molar-refractivity contribution >= 4 is 28.2 Å². The Morgan fingerprint density at radius 2 is 1.79 bits per heavy atom. The molecule has 0 saturated heterocycles. The van der Waals surface area contributed by atoms with E-state index in [4.69, 9.17) is 4.74 Å². The molecule has 3 aromatic rings. The largest absolute Gasteiger partial charge is 0.462 e. The number of amides is 1. The number of halogens is 1. The Balaban J connectivity index is 1.92. The lowest BCUT2D eigenvalue weighted by Gasteiger charge is -2.09. The summed E-state index contributed by atoms with van der Waals surface area (Å²) in [6.07, 6.45) is 0. The summed E-state index contributed by atoms with van der Waals surface area (Å²) >= 11 is 1.34. The number of ether oxygens (including phenoxy) is 1. The minimum absolute atomic E-state index is 0.0517. The molecule has 6 heteroatoms. The maximum Gasteiger partial charge on any atom is 0.341 e. The van der Waals surface area contributed by atoms with Crippen LogP contribution < -0.4 is 5.32 Å². The molecular formula is C22H20FNO3S. The quantitative estimate of drug-likeness (QED) is 0.561. The van der Waals surface area contributed by atoms with E-state index < -0.39 is 17.7 Å². The van der Waals surface area contributed by atoms with E-state index in [0.29, 0.717) is 16.1 Å². The smallest absolute Gasteiger partial charge is 0.341 e. The molecule has 0 fully saturated rings. The van der Waals surface area contributed by atoms with Crippen LogP contribution in [0.3, 0.4) is 0 Å². The van der Waals surface area contributed by atoms with Gasteiger partial charge in [0.25, 0.3) is 5.91 Å². The lowest BCUT2D eigenvalue weighted by Crippen LogP contribution is -2.14. The number of esters is 1. The van der Waals surface area contributed by atoms with E-state index in [1.807, 2.05) is 37.3 Å². The summed E-state index contributed by atoms with van der Waals surface area (Å²) in [5, 5.41) is 3.19. The van der Waals surface area contributed by atoms with Crippen molar-refractivity contribution in [2.24, 2.45) is 0 Å². The molecule has 1 atom stereocenters. The molecule has 0 aliphatic carbocycles. The zero-order valence-electron chi connectivity index (χ0n) is 15.6. The first-order valence-electron chi connectivity index (χ1n) is 8.92. The predicted molar refractivity (Wildman–Crippen MR) is 109 cm³/mol. The maximum atomic E-state index is 13.1. The van der Waals surface area contributed by atoms with E-state index in [0.717, 1.165) is 10.4 Å². The second-order valence-electron chi connectivity index (χ2n) is 6.21. The number of nitrogens with one attached hydrogen (secondary N) is 1. The molecule has 1 amide bonds. The van der Waals surface area contributed by atoms with Gasteiger partial charge in [0, 0.05) is 16.4 Å². The third-order valence-electron chi connectivity index (χ3n) is 4.31. The highest BCUT2D eigenvalue weighted by Crippen LogP contribution is 2.36. The topological polar surface area (TPSA) is 55.4 Å². The SMILES string of the molecule is CCOC(=O)c1cc(C(C)c2ccccc2)sc1NC(=O)c1ccc(F)cc1. The van der Waals surface area contributed by atoms with Gasteiger partial charge in [0.05, 0.1) is 12.2 Å². The summed E-state index contributed by atoms with van der Waals surface area (Å²) in [6, 6.07) is 16.9. The van der Waals surface area contributed by atoms with Crippen molar-refractivity contribution in [3.05, 3.63) is 88.0 Å². The molecule has 0 aliphatic rings. The molecule has 0 radical (unpaired) electrons. The fraction of sp³-hybridized carbons (Fsp3) is 0.182. The van der Waals surface area contributed by atoms with Crippen LogP contribution in [-0.4, -0.2) is 18.5 Å². The minimum Gasteiger partial charge on any atom is -0.462 e. The normalized spacial score (nSPS) is 11.7. The molecular weight excluding hydrogens is 377 g/mol. The van der Waals surface area contributed by atoms with Gasteiger partial charge in [-0.1, -0.05) is 37.3 Å². The van der Waals surface area contributed by atoms with Crippen LogP contribution in [0.4, 0.5) is 9.39 Å². The number of hydrogen-bond acceptors (Lipinski definition) is 4. The summed E-state index contributed by atoms with van der Waals surface area (Å²) < 4.78 is 18.2. The second kappa shape index (κ2) is 8.80. The fourth-order valence-electron chi connectivity index (χ4n) is 2.76. The average Bonchev–Trinajstić information content (AvgIpc) is 3.12. The van der Waals surface area contributed by atoms with Crippen LogP contribution in [0.1, 0.15) is 50.9 Å². The average molecular weight is 397 g/mol. The molecule has 0 spiro atoms. The van der Waals surface area contributed by atoms with Gasteiger partial charge in [0.1, 0.15) is 10.8 Å². The van der Waals surface area contributed by atoms with E-state index in [9.17, 15) is 14.0 Å². The third-order valence-corrected chi connectivity index (χ3v) is 5.54. The predicted octanol–water partition coefficient (Wildman–Crippen LogP) is 5.47. The van der Waals surface area contributed by atoms with Crippen LogP contribution in [0, 0.1) is 5.82 Å². The van der Waals surface area contributed by atoms with Gasteiger partial charge in [-0.05, 0) is 42.8 Å². The van der Waals surface area contributed by atoms with Gasteiger partial charge in [-0.3, -0.25) is 4.79 Å². The number of carbonyl (C=O) groups is 2. The highest BCUT2D eigenvalue weighted by molar-refractivity contribution is 7.16. The first-order chi connectivity index (χ1) is 13.5. The van der Waals surface area contributed by atoms with Gasteiger partial charge in [-0.15, -0.1) is 11.3 Å². The Morgan fingerprint density at radius 3 is 2.43 bits per heavy atom. The molecule has 1 unspecified atom stereocenters. The van der Waals surface area contributed by atoms with Gasteiger partial charge in [-0.25, -0.2) is 9.18 Å². The first kappa shape index (κ1) is 19.8. The van der Waals surface area contributed by atoms with E-state index in [-0.39, 0.29) is 12.5 Å². The summed E-state index contributed by atoms with van der Waals surface area (Å²) in [7, 11) is 0. The van der Waals surface area contributed by atoms with Crippen LogP contribution in [0.25, 0.3) is 0 Å². The highest BCUT2D eigenvalue weighted by atomic mass is 32.1. The highest BCUT2D eigenvalue weighted by Gasteiger charge is 2.22. The number of benzene rings is 2. The van der Waals surface area contributed by atoms with E-state index >= 15 is 0 Å². The van der Waals surface area contributed by atoms with Crippen LogP contribution in [0.2, 0.25) is 0 Å². The van der Waals surface area contributed by atoms with Crippen molar-refractivity contribution in [2.75, 3.05) is 11.9 Å². The zero-order valence-corrected chi connectivity index (χ0v) is 16.4. The Labute approximate surface area is 167 Å². The molecule has 2 aromatic carbocycles. The second-order valence-corrected chi connectivity index (χ2v) is 7.29. The van der Waals surface area contributed by atoms with E-state index in [1.165, 1.54) is 35.6 Å². The monoisotopic (exact) mass is 397 g/mol. The Morgan fingerprint density at radius 1 is 1.11 bits per heavy atom. The summed E-state index contributed by atoms with van der Waals surface area (Å²) in [5.41, 5.74) is 1.73. The molecule has 4 nitrogen and oxygen atoms in total. The van der Waals surface area contributed by atoms with Crippen molar-refractivity contribution < 1.29 is 18.7 Å². The molecule has 3 rings (SSSR count). The number of rotatable bonds is 6. The van der Waals surface area contributed by atoms with Crippen molar-refractivity contribution in [3.63, 3.8) is 0 Å². The van der Waals surface area contributed by atoms with Crippen LogP contribution in [-0.2, 0) is 4.74 Å². The van der Waals surface area contributed by atoms with Crippen LogP contribution >= 0.6 is 11.3 Å². The Hall–Kier alpha value is -2.99. The number of thiophene rings is 1. The first-order valence-corrected chi connectivity index (χ1v) is 9.74. The van der Waals surface area contributed by atoms with Gasteiger partial charge in [0.15, 0.2) is 0 Å². The molecule has 1 aromatic heterocycles. The molecule has 0 bridgehead atoms. The minimum atomic E-state index is -0.486. The lowest BCUT2D eigenvalue weighted by atomic mass is 9.99. The van der Waals surface area contributed by atoms with Gasteiger partial charge >= 0.3 is 5.97 Å². The number of hydrogen-bond donors (Lipinski definition) is 1. The van der Waals surface area contributed by atoms with Gasteiger partial charge in [-0.2, -0.15) is 0 Å². The zero-order chi connectivity index (χ0) is 20.1. The molecule has 28 heavy (non-hydrogen) atoms. The molecule has 0 aliphatic heterocycles. The fourth-order valence-corrected chi connectivity index (χ4v) is 3.88. The summed E-state index contributed by atoms with van der Waals surface area (Å²) in [6.45, 7) is 4.01. The van der Waals surface area contributed by atoms with E-state index in [1.54, 1.807) is 13.0 Å². The van der Waals surface area contributed by atoms with Gasteiger partial charge < -0.3 is 10.1 Å². The van der Waals surface area contributed by atoms with Crippen LogP contribution in [0.5, 0.6) is 0 Å².